The minimum atomic E-state index is -0.456. The molecule has 1 unspecified atom stereocenters. The van der Waals surface area contributed by atoms with E-state index in [1.54, 1.807) is 12.1 Å². The third-order valence-electron chi connectivity index (χ3n) is 2.36. The lowest BCUT2D eigenvalue weighted by Gasteiger charge is -2.09. The van der Waals surface area contributed by atoms with Crippen molar-refractivity contribution in [1.82, 2.24) is 0 Å². The summed E-state index contributed by atoms with van der Waals surface area (Å²) >= 11 is 14.6. The highest BCUT2D eigenvalue weighted by Crippen LogP contribution is 2.39. The van der Waals surface area contributed by atoms with Crippen LogP contribution in [0.15, 0.2) is 32.5 Å². The molecule has 0 aliphatic carbocycles. The summed E-state index contributed by atoms with van der Waals surface area (Å²) in [5.74, 6) is -0.282. The molecular formula is C12H8Br2ClFS. The standard InChI is InChI=1S/C12H8Br2ClFS/c1-6-4-10(17-12(6)14)11(15)8-5-7(13)2-3-9(8)16/h2-5,11H,1H3. The third-order valence-corrected chi connectivity index (χ3v) is 5.65. The van der Waals surface area contributed by atoms with Crippen LogP contribution in [0, 0.1) is 12.7 Å². The maximum Gasteiger partial charge on any atom is 0.128 e. The van der Waals surface area contributed by atoms with E-state index >= 15 is 0 Å². The second-order valence-corrected chi connectivity index (χ2v) is 7.39. The molecule has 0 amide bonds. The molecule has 5 heteroatoms. The summed E-state index contributed by atoms with van der Waals surface area (Å²) in [7, 11) is 0. The Morgan fingerprint density at radius 1 is 1.29 bits per heavy atom. The summed E-state index contributed by atoms with van der Waals surface area (Å²) in [6.45, 7) is 1.99. The van der Waals surface area contributed by atoms with E-state index in [0.29, 0.717) is 5.56 Å². The van der Waals surface area contributed by atoms with Crippen molar-refractivity contribution in [2.24, 2.45) is 0 Å². The number of rotatable bonds is 2. The lowest BCUT2D eigenvalue weighted by molar-refractivity contribution is 0.612. The van der Waals surface area contributed by atoms with Crippen LogP contribution in [0.5, 0.6) is 0 Å². The molecule has 0 radical (unpaired) electrons. The monoisotopic (exact) mass is 396 g/mol. The maximum absolute atomic E-state index is 13.7. The molecule has 1 heterocycles. The Kier molecular flexibility index (Phi) is 4.29. The van der Waals surface area contributed by atoms with Crippen LogP contribution < -0.4 is 0 Å². The zero-order valence-corrected chi connectivity index (χ0v) is 13.6. The van der Waals surface area contributed by atoms with Gasteiger partial charge in [-0.2, -0.15) is 0 Å². The van der Waals surface area contributed by atoms with E-state index < -0.39 is 5.38 Å². The smallest absolute Gasteiger partial charge is 0.128 e. The highest BCUT2D eigenvalue weighted by molar-refractivity contribution is 9.11. The molecule has 1 aromatic heterocycles. The van der Waals surface area contributed by atoms with E-state index in [1.807, 2.05) is 13.0 Å². The highest BCUT2D eigenvalue weighted by Gasteiger charge is 2.18. The quantitative estimate of drug-likeness (QED) is 0.540. The van der Waals surface area contributed by atoms with Gasteiger partial charge in [0.15, 0.2) is 0 Å². The molecule has 0 fully saturated rings. The fraction of sp³-hybridized carbons (Fsp3) is 0.167. The van der Waals surface area contributed by atoms with Crippen LogP contribution in [-0.4, -0.2) is 0 Å². The second-order valence-electron chi connectivity index (χ2n) is 3.63. The molecule has 0 aliphatic heterocycles. The van der Waals surface area contributed by atoms with Crippen LogP contribution in [0.25, 0.3) is 0 Å². The molecule has 1 aromatic carbocycles. The number of alkyl halides is 1. The van der Waals surface area contributed by atoms with Crippen molar-refractivity contribution in [2.45, 2.75) is 12.3 Å². The molecule has 2 aromatic rings. The fourth-order valence-corrected chi connectivity index (χ4v) is 3.78. The van der Waals surface area contributed by atoms with Gasteiger partial charge in [0.2, 0.25) is 0 Å². The van der Waals surface area contributed by atoms with Gasteiger partial charge in [-0.25, -0.2) is 4.39 Å². The molecule has 0 spiro atoms. The van der Waals surface area contributed by atoms with Gasteiger partial charge in [-0.1, -0.05) is 15.9 Å². The highest BCUT2D eigenvalue weighted by atomic mass is 79.9. The predicted molar refractivity (Wildman–Crippen MR) is 78.6 cm³/mol. The molecule has 0 N–H and O–H groups in total. The van der Waals surface area contributed by atoms with Crippen molar-refractivity contribution in [3.63, 3.8) is 0 Å². The fourth-order valence-electron chi connectivity index (χ4n) is 1.47. The van der Waals surface area contributed by atoms with Gasteiger partial charge < -0.3 is 0 Å². The summed E-state index contributed by atoms with van der Waals surface area (Å²) in [5.41, 5.74) is 1.61. The van der Waals surface area contributed by atoms with Gasteiger partial charge in [0.25, 0.3) is 0 Å². The van der Waals surface area contributed by atoms with Crippen LogP contribution in [-0.2, 0) is 0 Å². The van der Waals surface area contributed by atoms with Crippen molar-refractivity contribution in [3.8, 4) is 0 Å². The average Bonchev–Trinajstić information content (AvgIpc) is 2.62. The first-order chi connectivity index (χ1) is 7.99. The molecule has 90 valence electrons. The van der Waals surface area contributed by atoms with Crippen LogP contribution >= 0.6 is 54.8 Å². The molecule has 2 rings (SSSR count). The zero-order valence-electron chi connectivity index (χ0n) is 8.81. The Balaban J connectivity index is 2.42. The van der Waals surface area contributed by atoms with Crippen LogP contribution in [0.2, 0.25) is 0 Å². The maximum atomic E-state index is 13.7. The molecule has 0 saturated heterocycles. The number of hydrogen-bond acceptors (Lipinski definition) is 1. The predicted octanol–water partition coefficient (Wildman–Crippen LogP) is 6.05. The Morgan fingerprint density at radius 3 is 2.59 bits per heavy atom. The Labute approximate surface area is 125 Å². The largest absolute Gasteiger partial charge is 0.207 e. The van der Waals surface area contributed by atoms with Crippen LogP contribution in [0.4, 0.5) is 4.39 Å². The Hall–Kier alpha value is 0.1000. The van der Waals surface area contributed by atoms with Crippen molar-refractivity contribution in [2.75, 3.05) is 0 Å². The van der Waals surface area contributed by atoms with E-state index in [1.165, 1.54) is 17.4 Å². The van der Waals surface area contributed by atoms with Crippen molar-refractivity contribution in [3.05, 3.63) is 54.3 Å². The van der Waals surface area contributed by atoms with Gasteiger partial charge in [0.1, 0.15) is 5.82 Å². The first-order valence-electron chi connectivity index (χ1n) is 4.84. The normalized spacial score (nSPS) is 12.8. The Bertz CT molecular complexity index is 534. The zero-order chi connectivity index (χ0) is 12.6. The first-order valence-corrected chi connectivity index (χ1v) is 7.68. The average molecular weight is 399 g/mol. The minimum Gasteiger partial charge on any atom is -0.207 e. The summed E-state index contributed by atoms with van der Waals surface area (Å²) < 4.78 is 15.6. The number of thiophene rings is 1. The topological polar surface area (TPSA) is 0 Å². The van der Waals surface area contributed by atoms with Crippen molar-refractivity contribution < 1.29 is 4.39 Å². The minimum absolute atomic E-state index is 0.282. The van der Waals surface area contributed by atoms with Crippen molar-refractivity contribution in [1.29, 1.82) is 0 Å². The van der Waals surface area contributed by atoms with Crippen LogP contribution in [0.1, 0.15) is 21.4 Å². The van der Waals surface area contributed by atoms with Crippen LogP contribution in [0.3, 0.4) is 0 Å². The van der Waals surface area contributed by atoms with E-state index in [-0.39, 0.29) is 5.82 Å². The third kappa shape index (κ3) is 2.92. The molecule has 1 atom stereocenters. The second kappa shape index (κ2) is 5.39. The summed E-state index contributed by atoms with van der Waals surface area (Å²) in [4.78, 5) is 0.938. The number of hydrogen-bond donors (Lipinski definition) is 0. The molecule has 17 heavy (non-hydrogen) atoms. The van der Waals surface area contributed by atoms with E-state index in [4.69, 9.17) is 11.6 Å². The van der Waals surface area contributed by atoms with Gasteiger partial charge in [0.05, 0.1) is 9.16 Å². The molecule has 0 saturated carbocycles. The first kappa shape index (κ1) is 13.5. The molecule has 0 aliphatic rings. The molecule has 0 nitrogen and oxygen atoms in total. The number of benzene rings is 1. The van der Waals surface area contributed by atoms with Gasteiger partial charge >= 0.3 is 0 Å². The summed E-state index contributed by atoms with van der Waals surface area (Å²) in [6.07, 6.45) is 0. The molecule has 0 bridgehead atoms. The van der Waals surface area contributed by atoms with Gasteiger partial charge in [-0.05, 0) is 52.7 Å². The van der Waals surface area contributed by atoms with Gasteiger partial charge in [0, 0.05) is 14.9 Å². The van der Waals surface area contributed by atoms with Gasteiger partial charge in [-0.3, -0.25) is 0 Å². The number of aryl methyl sites for hydroxylation is 1. The Morgan fingerprint density at radius 2 is 2.00 bits per heavy atom. The summed E-state index contributed by atoms with van der Waals surface area (Å²) in [6, 6.07) is 6.78. The summed E-state index contributed by atoms with van der Waals surface area (Å²) in [5, 5.41) is -0.456. The number of halogens is 4. The lowest BCUT2D eigenvalue weighted by atomic mass is 10.1. The van der Waals surface area contributed by atoms with Gasteiger partial charge in [-0.15, -0.1) is 22.9 Å². The molecular weight excluding hydrogens is 390 g/mol. The van der Waals surface area contributed by atoms with E-state index in [2.05, 4.69) is 31.9 Å². The van der Waals surface area contributed by atoms with Crippen molar-refractivity contribution >= 4 is 54.8 Å². The SMILES string of the molecule is Cc1cc(C(Cl)c2cc(Br)ccc2F)sc1Br. The lowest BCUT2D eigenvalue weighted by Crippen LogP contribution is -1.94. The van der Waals surface area contributed by atoms with E-state index in [9.17, 15) is 4.39 Å². The van der Waals surface area contributed by atoms with E-state index in [0.717, 1.165) is 18.7 Å².